The van der Waals surface area contributed by atoms with Crippen LogP contribution in [0.3, 0.4) is 0 Å². The van der Waals surface area contributed by atoms with Crippen molar-refractivity contribution in [2.24, 2.45) is 10.9 Å². The number of ketones is 1. The Morgan fingerprint density at radius 1 is 1.09 bits per heavy atom. The van der Waals surface area contributed by atoms with Gasteiger partial charge in [0.1, 0.15) is 5.92 Å². The van der Waals surface area contributed by atoms with E-state index in [2.05, 4.69) is 0 Å². The summed E-state index contributed by atoms with van der Waals surface area (Å²) >= 11 is 6.57. The first kappa shape index (κ1) is 24.0. The third-order valence-corrected chi connectivity index (χ3v) is 6.89. The lowest BCUT2D eigenvalue weighted by atomic mass is 9.69. The number of hydrogen-bond donors (Lipinski definition) is 0. The highest BCUT2D eigenvalue weighted by molar-refractivity contribution is 6.31. The summed E-state index contributed by atoms with van der Waals surface area (Å²) < 4.78 is 16.2. The monoisotopic (exact) mass is 481 g/mol. The third-order valence-electron chi connectivity index (χ3n) is 6.55. The molecule has 34 heavy (non-hydrogen) atoms. The predicted octanol–water partition coefficient (Wildman–Crippen LogP) is 5.50. The summed E-state index contributed by atoms with van der Waals surface area (Å²) in [5, 5.41) is 0.512. The molecule has 2 aliphatic rings. The highest BCUT2D eigenvalue weighted by Gasteiger charge is 2.45. The molecule has 178 valence electrons. The molecule has 6 nitrogen and oxygen atoms in total. The highest BCUT2D eigenvalue weighted by Crippen LogP contribution is 2.48. The van der Waals surface area contributed by atoms with Gasteiger partial charge in [-0.25, -0.2) is 0 Å². The summed E-state index contributed by atoms with van der Waals surface area (Å²) in [5.41, 5.74) is 3.62. The molecule has 0 saturated heterocycles. The minimum absolute atomic E-state index is 0.0310. The first-order valence-electron chi connectivity index (χ1n) is 11.3. The van der Waals surface area contributed by atoms with E-state index in [1.807, 2.05) is 43.3 Å². The topological polar surface area (TPSA) is 74.2 Å². The number of halogens is 1. The number of carbonyl (C=O) groups excluding carboxylic acids is 2. The number of ether oxygens (including phenoxy) is 3. The van der Waals surface area contributed by atoms with Crippen LogP contribution in [0.4, 0.5) is 0 Å². The number of aliphatic imine (C=N–C) groups is 1. The quantitative estimate of drug-likeness (QED) is 0.509. The lowest BCUT2D eigenvalue weighted by Gasteiger charge is -2.36. The van der Waals surface area contributed by atoms with Gasteiger partial charge in [-0.2, -0.15) is 0 Å². The maximum atomic E-state index is 13.6. The minimum atomic E-state index is -0.694. The summed E-state index contributed by atoms with van der Waals surface area (Å²) in [6, 6.07) is 13.1. The maximum absolute atomic E-state index is 13.6. The number of hydrogen-bond acceptors (Lipinski definition) is 6. The van der Waals surface area contributed by atoms with Crippen LogP contribution in [0.1, 0.15) is 49.7 Å². The molecule has 1 aliphatic heterocycles. The lowest BCUT2D eigenvalue weighted by Crippen LogP contribution is -2.38. The fourth-order valence-corrected chi connectivity index (χ4v) is 5.26. The van der Waals surface area contributed by atoms with Crippen LogP contribution in [0.25, 0.3) is 0 Å². The van der Waals surface area contributed by atoms with Gasteiger partial charge in [0.2, 0.25) is 0 Å². The Labute approximate surface area is 204 Å². The van der Waals surface area contributed by atoms with Gasteiger partial charge in [0.05, 0.1) is 20.8 Å². The van der Waals surface area contributed by atoms with Gasteiger partial charge < -0.3 is 14.2 Å². The van der Waals surface area contributed by atoms with Gasteiger partial charge in [0.25, 0.3) is 0 Å². The maximum Gasteiger partial charge on any atom is 0.315 e. The molecule has 0 fully saturated rings. The summed E-state index contributed by atoms with van der Waals surface area (Å²) in [5.74, 6) is -0.456. The van der Waals surface area contributed by atoms with Crippen LogP contribution in [0.2, 0.25) is 5.02 Å². The van der Waals surface area contributed by atoms with E-state index in [1.165, 1.54) is 0 Å². The summed E-state index contributed by atoms with van der Waals surface area (Å²) in [4.78, 5) is 31.4. The van der Waals surface area contributed by atoms with Gasteiger partial charge in [-0.3, -0.25) is 14.6 Å². The van der Waals surface area contributed by atoms with Crippen molar-refractivity contribution in [2.45, 2.75) is 38.5 Å². The Kier molecular flexibility index (Phi) is 7.08. The molecule has 4 rings (SSSR count). The fourth-order valence-electron chi connectivity index (χ4n) is 5.00. The van der Waals surface area contributed by atoms with Crippen LogP contribution < -0.4 is 9.47 Å². The highest BCUT2D eigenvalue weighted by atomic mass is 35.5. The van der Waals surface area contributed by atoms with Crippen LogP contribution in [0, 0.1) is 5.92 Å². The first-order valence-corrected chi connectivity index (χ1v) is 11.7. The summed E-state index contributed by atoms with van der Waals surface area (Å²) in [7, 11) is 3.18. The standard InChI is InChI=1S/C27H28ClNO5/c1-5-34-27(31)24-15(2)29-20-12-17(16-10-11-22(32-3)23(14-16)33-4)13-21(30)26(20)25(24)18-8-6-7-9-19(18)28/h6-11,14,17,24-25H,5,12-13H2,1-4H3/t17-,24?,25-/m1/s1. The first-order chi connectivity index (χ1) is 16.4. The van der Waals surface area contributed by atoms with E-state index in [0.717, 1.165) is 11.1 Å². The number of carbonyl (C=O) groups is 2. The molecule has 1 unspecified atom stereocenters. The smallest absolute Gasteiger partial charge is 0.315 e. The number of rotatable bonds is 6. The van der Waals surface area contributed by atoms with Crippen molar-refractivity contribution in [2.75, 3.05) is 20.8 Å². The van der Waals surface area contributed by atoms with Crippen LogP contribution in [-0.2, 0) is 14.3 Å². The normalized spacial score (nSPS) is 22.1. The molecule has 7 heteroatoms. The van der Waals surface area contributed by atoms with Crippen molar-refractivity contribution < 1.29 is 23.8 Å². The van der Waals surface area contributed by atoms with Crippen LogP contribution in [0.15, 0.2) is 58.7 Å². The number of benzene rings is 2. The van der Waals surface area contributed by atoms with Crippen molar-refractivity contribution in [3.05, 3.63) is 69.9 Å². The van der Waals surface area contributed by atoms with Crippen molar-refractivity contribution in [1.82, 2.24) is 0 Å². The second-order valence-electron chi connectivity index (χ2n) is 8.49. The number of esters is 1. The second kappa shape index (κ2) is 10.0. The second-order valence-corrected chi connectivity index (χ2v) is 8.89. The Morgan fingerprint density at radius 3 is 2.50 bits per heavy atom. The minimum Gasteiger partial charge on any atom is -0.493 e. The van der Waals surface area contributed by atoms with Crippen molar-refractivity contribution >= 4 is 29.1 Å². The zero-order valence-corrected chi connectivity index (χ0v) is 20.5. The van der Waals surface area contributed by atoms with Gasteiger partial charge in [0.15, 0.2) is 17.3 Å². The molecule has 1 heterocycles. The summed E-state index contributed by atoms with van der Waals surface area (Å²) in [6.07, 6.45) is 0.879. The number of allylic oxidation sites excluding steroid dienone is 2. The van der Waals surface area contributed by atoms with Gasteiger partial charge in [-0.1, -0.05) is 35.9 Å². The molecule has 3 atom stereocenters. The molecule has 0 saturated carbocycles. The number of Topliss-reactive ketones (excluding diaryl/α,β-unsaturated/α-hetero) is 1. The molecule has 0 spiro atoms. The van der Waals surface area contributed by atoms with E-state index in [-0.39, 0.29) is 18.3 Å². The van der Waals surface area contributed by atoms with E-state index in [1.54, 1.807) is 27.2 Å². The van der Waals surface area contributed by atoms with E-state index in [4.69, 9.17) is 30.8 Å². The average molecular weight is 482 g/mol. The largest absolute Gasteiger partial charge is 0.493 e. The zero-order valence-electron chi connectivity index (χ0n) is 19.8. The summed E-state index contributed by atoms with van der Waals surface area (Å²) in [6.45, 7) is 3.83. The number of nitrogens with zero attached hydrogens (tertiary/aromatic N) is 1. The van der Waals surface area contributed by atoms with E-state index in [9.17, 15) is 9.59 Å². The predicted molar refractivity (Wildman–Crippen MR) is 131 cm³/mol. The van der Waals surface area contributed by atoms with Crippen molar-refractivity contribution in [3.63, 3.8) is 0 Å². The third kappa shape index (κ3) is 4.34. The van der Waals surface area contributed by atoms with Crippen molar-refractivity contribution in [3.8, 4) is 11.5 Å². The molecule has 0 N–H and O–H groups in total. The van der Waals surface area contributed by atoms with Gasteiger partial charge in [0, 0.05) is 34.3 Å². The molecule has 2 aromatic carbocycles. The molecular formula is C27H28ClNO5. The van der Waals surface area contributed by atoms with E-state index in [0.29, 0.717) is 46.3 Å². The van der Waals surface area contributed by atoms with Gasteiger partial charge in [-0.05, 0) is 55.5 Å². The van der Waals surface area contributed by atoms with Gasteiger partial charge in [-0.15, -0.1) is 0 Å². The Bertz CT molecular complexity index is 1190. The zero-order chi connectivity index (χ0) is 24.4. The molecule has 1 aliphatic carbocycles. The van der Waals surface area contributed by atoms with Gasteiger partial charge >= 0.3 is 5.97 Å². The molecule has 2 aromatic rings. The SMILES string of the molecule is CCOC(=O)C1C(C)=NC2=C(C(=O)C[C@H](c3ccc(OC)c(OC)c3)C2)[C@@H]1c1ccccc1Cl. The van der Waals surface area contributed by atoms with Crippen LogP contribution in [0.5, 0.6) is 11.5 Å². The van der Waals surface area contributed by atoms with Crippen LogP contribution in [-0.4, -0.2) is 38.3 Å². The molecule has 0 radical (unpaired) electrons. The fraction of sp³-hybridized carbons (Fsp3) is 0.370. The Balaban J connectivity index is 1.79. The molecule has 0 bridgehead atoms. The lowest BCUT2D eigenvalue weighted by molar-refractivity contribution is -0.146. The van der Waals surface area contributed by atoms with Crippen molar-refractivity contribution in [1.29, 1.82) is 0 Å². The Hall–Kier alpha value is -3.12. The van der Waals surface area contributed by atoms with Crippen LogP contribution >= 0.6 is 11.6 Å². The van der Waals surface area contributed by atoms with E-state index >= 15 is 0 Å². The molecule has 0 aromatic heterocycles. The molecule has 0 amide bonds. The Morgan fingerprint density at radius 2 is 1.82 bits per heavy atom. The molecular weight excluding hydrogens is 454 g/mol. The average Bonchev–Trinajstić information content (AvgIpc) is 2.83. The number of methoxy groups -OCH3 is 2. The van der Waals surface area contributed by atoms with E-state index < -0.39 is 17.8 Å².